The largest absolute Gasteiger partial charge is 0.437 e. The van der Waals surface area contributed by atoms with Crippen molar-refractivity contribution in [2.45, 2.75) is 37.5 Å². The first kappa shape index (κ1) is 28.8. The van der Waals surface area contributed by atoms with Gasteiger partial charge in [0.1, 0.15) is 6.54 Å². The van der Waals surface area contributed by atoms with Crippen molar-refractivity contribution in [3.05, 3.63) is 52.3 Å². The number of benzene rings is 1. The van der Waals surface area contributed by atoms with E-state index in [-0.39, 0.29) is 28.5 Å². The Hall–Kier alpha value is -3.79. The lowest BCUT2D eigenvalue weighted by Crippen LogP contribution is -2.44. The van der Waals surface area contributed by atoms with E-state index >= 15 is 0 Å². The van der Waals surface area contributed by atoms with Gasteiger partial charge in [-0.1, -0.05) is 11.2 Å². The van der Waals surface area contributed by atoms with Crippen LogP contribution in [0.25, 0.3) is 0 Å². The van der Waals surface area contributed by atoms with Gasteiger partial charge in [0.25, 0.3) is 11.5 Å². The SMILES string of the molecule is Cc1cc(C2=NOC(c3cc(C(F)(F)F)nn3C)(C(F)(F)F)C2)ccc1C(=O)NCC(=O)NCC(F)(F)F. The van der Waals surface area contributed by atoms with Crippen LogP contribution in [0.5, 0.6) is 0 Å². The van der Waals surface area contributed by atoms with Gasteiger partial charge in [-0.15, -0.1) is 0 Å². The summed E-state index contributed by atoms with van der Waals surface area (Å²) < 4.78 is 118. The highest BCUT2D eigenvalue weighted by molar-refractivity contribution is 6.04. The number of aryl methyl sites for hydroxylation is 2. The standard InChI is InChI=1S/C21H18F9N5O3/c1-10-5-11(3-4-12(10)17(37)31-8-16(36)32-9-19(22,23)24)13-7-18(38-34-13,21(28,29)30)15-6-14(20(25,26)27)33-35(15)2/h3-6H,7-9H2,1-2H3,(H,31,37)(H,32,36). The predicted octanol–water partition coefficient (Wildman–Crippen LogP) is 3.74. The molecule has 2 amide bonds. The highest BCUT2D eigenvalue weighted by Crippen LogP contribution is 2.49. The number of oxime groups is 1. The minimum Gasteiger partial charge on any atom is -0.372 e. The molecule has 2 N–H and O–H groups in total. The van der Waals surface area contributed by atoms with E-state index in [1.165, 1.54) is 25.1 Å². The molecule has 38 heavy (non-hydrogen) atoms. The summed E-state index contributed by atoms with van der Waals surface area (Å²) in [4.78, 5) is 28.5. The minimum atomic E-state index is -5.20. The number of carbonyl (C=O) groups excluding carboxylic acids is 2. The van der Waals surface area contributed by atoms with E-state index in [2.05, 4.69) is 15.6 Å². The van der Waals surface area contributed by atoms with Gasteiger partial charge in [-0.2, -0.15) is 44.6 Å². The summed E-state index contributed by atoms with van der Waals surface area (Å²) in [5.41, 5.74) is -5.80. The van der Waals surface area contributed by atoms with Crippen LogP contribution >= 0.6 is 0 Å². The van der Waals surface area contributed by atoms with Gasteiger partial charge < -0.3 is 15.5 Å². The lowest BCUT2D eigenvalue weighted by molar-refractivity contribution is -0.278. The molecule has 208 valence electrons. The van der Waals surface area contributed by atoms with E-state index in [9.17, 15) is 49.1 Å². The second-order valence-electron chi connectivity index (χ2n) is 8.27. The molecule has 0 saturated carbocycles. The van der Waals surface area contributed by atoms with E-state index in [4.69, 9.17) is 4.84 Å². The summed E-state index contributed by atoms with van der Waals surface area (Å²) >= 11 is 0. The van der Waals surface area contributed by atoms with Crippen LogP contribution in [0.1, 0.15) is 39.3 Å². The lowest BCUT2D eigenvalue weighted by Gasteiger charge is -2.28. The van der Waals surface area contributed by atoms with Crippen LogP contribution in [0.3, 0.4) is 0 Å². The van der Waals surface area contributed by atoms with Crippen molar-refractivity contribution < 1.29 is 53.9 Å². The Morgan fingerprint density at radius 3 is 2.24 bits per heavy atom. The third-order valence-corrected chi connectivity index (χ3v) is 5.47. The topological polar surface area (TPSA) is 97.6 Å². The molecule has 8 nitrogen and oxygen atoms in total. The van der Waals surface area contributed by atoms with Gasteiger partial charge in [-0.3, -0.25) is 14.3 Å². The number of hydrogen-bond acceptors (Lipinski definition) is 5. The molecule has 0 bridgehead atoms. The molecule has 1 aromatic heterocycles. The molecular formula is C21H18F9N5O3. The molecule has 0 fully saturated rings. The number of nitrogens with zero attached hydrogens (tertiary/aromatic N) is 3. The van der Waals surface area contributed by atoms with Gasteiger partial charge in [0.2, 0.25) is 5.91 Å². The van der Waals surface area contributed by atoms with Crippen molar-refractivity contribution >= 4 is 17.5 Å². The zero-order valence-electron chi connectivity index (χ0n) is 19.4. The molecule has 1 aromatic carbocycles. The van der Waals surface area contributed by atoms with Crippen LogP contribution < -0.4 is 10.6 Å². The summed E-state index contributed by atoms with van der Waals surface area (Å²) in [6.07, 6.45) is -15.8. The average Bonchev–Trinajstić information content (AvgIpc) is 3.40. The molecule has 17 heteroatoms. The number of rotatable bonds is 6. The van der Waals surface area contributed by atoms with Gasteiger partial charge in [-0.25, -0.2) is 0 Å². The molecule has 2 heterocycles. The highest BCUT2D eigenvalue weighted by atomic mass is 19.4. The van der Waals surface area contributed by atoms with Crippen LogP contribution in [0, 0.1) is 6.92 Å². The normalized spacial score (nSPS) is 18.1. The zero-order valence-corrected chi connectivity index (χ0v) is 19.4. The monoisotopic (exact) mass is 559 g/mol. The van der Waals surface area contributed by atoms with E-state index in [0.717, 1.165) is 7.05 Å². The van der Waals surface area contributed by atoms with Crippen molar-refractivity contribution in [3.8, 4) is 0 Å². The molecule has 1 aliphatic heterocycles. The summed E-state index contributed by atoms with van der Waals surface area (Å²) in [7, 11) is 0.903. The van der Waals surface area contributed by atoms with Crippen LogP contribution in [-0.4, -0.2) is 52.7 Å². The Bertz CT molecular complexity index is 1260. The molecule has 0 radical (unpaired) electrons. The average molecular weight is 559 g/mol. The van der Waals surface area contributed by atoms with Crippen molar-refractivity contribution in [3.63, 3.8) is 0 Å². The molecule has 0 aliphatic carbocycles. The van der Waals surface area contributed by atoms with Crippen LogP contribution in [0.2, 0.25) is 0 Å². The molecule has 3 rings (SSSR count). The third-order valence-electron chi connectivity index (χ3n) is 5.47. The zero-order chi connectivity index (χ0) is 28.7. The number of hydrogen-bond donors (Lipinski definition) is 2. The van der Waals surface area contributed by atoms with E-state index in [0.29, 0.717) is 4.68 Å². The first-order valence-electron chi connectivity index (χ1n) is 10.5. The fourth-order valence-electron chi connectivity index (χ4n) is 3.62. The fourth-order valence-corrected chi connectivity index (χ4v) is 3.62. The maximum atomic E-state index is 14.1. The van der Waals surface area contributed by atoms with E-state index < -0.39 is 66.8 Å². The highest BCUT2D eigenvalue weighted by Gasteiger charge is 2.64. The first-order valence-corrected chi connectivity index (χ1v) is 10.5. The first-order chi connectivity index (χ1) is 17.3. The Kier molecular flexibility index (Phi) is 7.44. The summed E-state index contributed by atoms with van der Waals surface area (Å²) in [6.45, 7) is -0.961. The molecule has 1 unspecified atom stereocenters. The Morgan fingerprint density at radius 1 is 1.05 bits per heavy atom. The van der Waals surface area contributed by atoms with E-state index in [1.54, 1.807) is 5.32 Å². The second kappa shape index (κ2) is 9.83. The number of alkyl halides is 9. The number of halogens is 9. The van der Waals surface area contributed by atoms with Crippen molar-refractivity contribution in [1.82, 2.24) is 20.4 Å². The van der Waals surface area contributed by atoms with Gasteiger partial charge in [0.05, 0.1) is 24.4 Å². The smallest absolute Gasteiger partial charge is 0.372 e. The molecule has 2 aromatic rings. The summed E-state index contributed by atoms with van der Waals surface area (Å²) in [6, 6.07) is 3.87. The van der Waals surface area contributed by atoms with Gasteiger partial charge in [-0.05, 0) is 36.2 Å². The summed E-state index contributed by atoms with van der Waals surface area (Å²) in [5.74, 6) is -1.95. The molecule has 1 aliphatic rings. The molecule has 1 atom stereocenters. The van der Waals surface area contributed by atoms with Crippen LogP contribution in [0.15, 0.2) is 29.4 Å². The number of aromatic nitrogens is 2. The minimum absolute atomic E-state index is 0.0413. The van der Waals surface area contributed by atoms with Crippen LogP contribution in [-0.2, 0) is 28.5 Å². The maximum absolute atomic E-state index is 14.1. The Balaban J connectivity index is 1.78. The van der Waals surface area contributed by atoms with Crippen molar-refractivity contribution in [2.75, 3.05) is 13.1 Å². The molecular weight excluding hydrogens is 541 g/mol. The number of amides is 2. The van der Waals surface area contributed by atoms with Crippen molar-refractivity contribution in [1.29, 1.82) is 0 Å². The fraction of sp³-hybridized carbons (Fsp3) is 0.429. The number of nitrogens with one attached hydrogen (secondary N) is 2. The maximum Gasteiger partial charge on any atom is 0.437 e. The second-order valence-corrected chi connectivity index (χ2v) is 8.27. The van der Waals surface area contributed by atoms with Gasteiger partial charge in [0.15, 0.2) is 5.69 Å². The third kappa shape index (κ3) is 6.02. The molecule has 0 saturated heterocycles. The molecule has 0 spiro atoms. The predicted molar refractivity (Wildman–Crippen MR) is 111 cm³/mol. The van der Waals surface area contributed by atoms with Gasteiger partial charge in [0, 0.05) is 12.6 Å². The van der Waals surface area contributed by atoms with E-state index in [1.807, 2.05) is 0 Å². The lowest BCUT2D eigenvalue weighted by atomic mass is 9.89. The van der Waals surface area contributed by atoms with Crippen LogP contribution in [0.4, 0.5) is 39.5 Å². The van der Waals surface area contributed by atoms with Crippen molar-refractivity contribution in [2.24, 2.45) is 12.2 Å². The Morgan fingerprint density at radius 2 is 1.71 bits per heavy atom. The number of carbonyl (C=O) groups is 2. The van der Waals surface area contributed by atoms with Gasteiger partial charge >= 0.3 is 18.5 Å². The summed E-state index contributed by atoms with van der Waals surface area (Å²) in [5, 5.41) is 10.3. The Labute approximate surface area is 207 Å². The quantitative estimate of drug-likeness (QED) is 0.528.